The Morgan fingerprint density at radius 1 is 1.00 bits per heavy atom. The summed E-state index contributed by atoms with van der Waals surface area (Å²) in [5, 5.41) is 23.4. The number of aliphatic hydroxyl groups excluding tert-OH is 2. The van der Waals surface area contributed by atoms with Gasteiger partial charge in [-0.3, -0.25) is 4.90 Å². The second kappa shape index (κ2) is 8.80. The van der Waals surface area contributed by atoms with Crippen LogP contribution in [0, 0.1) is 17.8 Å². The van der Waals surface area contributed by atoms with Crippen LogP contribution < -0.4 is 5.32 Å². The van der Waals surface area contributed by atoms with Gasteiger partial charge in [-0.2, -0.15) is 0 Å². The monoisotopic (exact) mass is 324 g/mol. The van der Waals surface area contributed by atoms with Gasteiger partial charge in [0.15, 0.2) is 0 Å². The largest absolute Gasteiger partial charge is 0.395 e. The molecule has 1 aliphatic heterocycles. The van der Waals surface area contributed by atoms with Gasteiger partial charge >= 0.3 is 0 Å². The van der Waals surface area contributed by atoms with Crippen LogP contribution in [0.2, 0.25) is 0 Å². The summed E-state index contributed by atoms with van der Waals surface area (Å²) < 4.78 is 0. The van der Waals surface area contributed by atoms with E-state index in [2.05, 4.69) is 10.2 Å². The number of nitrogens with one attached hydrogen (secondary N) is 1. The van der Waals surface area contributed by atoms with E-state index in [4.69, 9.17) is 0 Å². The fraction of sp³-hybridized carbons (Fsp3) is 1.00. The van der Waals surface area contributed by atoms with Gasteiger partial charge < -0.3 is 15.5 Å². The standard InChI is InChI=1S/C19H36N2O2/c22-9-8-21-13-16(11-19(23)17-6-7-17)10-18(14-21)20-12-15-4-2-1-3-5-15/h15-20,22-23H,1-14H2. The smallest absolute Gasteiger partial charge is 0.0571 e. The molecule has 0 spiro atoms. The Morgan fingerprint density at radius 3 is 2.48 bits per heavy atom. The molecule has 1 heterocycles. The van der Waals surface area contributed by atoms with Gasteiger partial charge in [0.1, 0.15) is 0 Å². The molecule has 2 aliphatic carbocycles. The first-order chi connectivity index (χ1) is 11.2. The van der Waals surface area contributed by atoms with Crippen molar-refractivity contribution < 1.29 is 10.2 Å². The van der Waals surface area contributed by atoms with Gasteiger partial charge in [-0.1, -0.05) is 19.3 Å². The lowest BCUT2D eigenvalue weighted by Crippen LogP contribution is -2.51. The number of β-amino-alcohol motifs (C(OH)–C–C–N with tert-alkyl or cyclic N) is 1. The normalized spacial score (nSPS) is 32.1. The van der Waals surface area contributed by atoms with E-state index in [-0.39, 0.29) is 12.7 Å². The zero-order valence-corrected chi connectivity index (χ0v) is 14.6. The van der Waals surface area contributed by atoms with Crippen LogP contribution in [0.1, 0.15) is 57.8 Å². The Labute approximate surface area is 141 Å². The molecule has 3 atom stereocenters. The molecule has 0 radical (unpaired) electrons. The van der Waals surface area contributed by atoms with Crippen molar-refractivity contribution in [3.8, 4) is 0 Å². The average molecular weight is 325 g/mol. The van der Waals surface area contributed by atoms with Gasteiger partial charge in [0, 0.05) is 25.7 Å². The maximum atomic E-state index is 10.3. The Kier molecular flexibility index (Phi) is 6.75. The van der Waals surface area contributed by atoms with Crippen LogP contribution in [-0.2, 0) is 0 Å². The molecule has 4 heteroatoms. The zero-order valence-electron chi connectivity index (χ0n) is 14.6. The number of hydrogen-bond donors (Lipinski definition) is 3. The molecule has 3 aliphatic rings. The van der Waals surface area contributed by atoms with E-state index in [0.29, 0.717) is 17.9 Å². The third-order valence-corrected chi connectivity index (χ3v) is 6.19. The van der Waals surface area contributed by atoms with Crippen molar-refractivity contribution in [2.75, 3.05) is 32.8 Å². The molecule has 3 N–H and O–H groups in total. The third-order valence-electron chi connectivity index (χ3n) is 6.19. The lowest BCUT2D eigenvalue weighted by atomic mass is 9.86. The highest BCUT2D eigenvalue weighted by Gasteiger charge is 2.34. The number of piperidine rings is 1. The number of nitrogens with zero attached hydrogens (tertiary/aromatic N) is 1. The summed E-state index contributed by atoms with van der Waals surface area (Å²) >= 11 is 0. The second-order valence-corrected chi connectivity index (χ2v) is 8.33. The summed E-state index contributed by atoms with van der Waals surface area (Å²) in [5.74, 6) is 2.03. The summed E-state index contributed by atoms with van der Waals surface area (Å²) in [6, 6.07) is 0.536. The number of likely N-dealkylation sites (tertiary alicyclic amines) is 1. The first kappa shape index (κ1) is 17.7. The second-order valence-electron chi connectivity index (χ2n) is 8.33. The highest BCUT2D eigenvalue weighted by Crippen LogP contribution is 2.36. The molecule has 0 aromatic carbocycles. The molecule has 3 rings (SSSR count). The third kappa shape index (κ3) is 5.70. The van der Waals surface area contributed by atoms with Crippen LogP contribution in [-0.4, -0.2) is 60.0 Å². The maximum absolute atomic E-state index is 10.3. The molecule has 0 aromatic rings. The molecule has 3 unspecified atom stereocenters. The van der Waals surface area contributed by atoms with Gasteiger partial charge in [-0.15, -0.1) is 0 Å². The van der Waals surface area contributed by atoms with Crippen molar-refractivity contribution in [2.45, 2.75) is 69.9 Å². The molecular formula is C19H36N2O2. The zero-order chi connectivity index (χ0) is 16.1. The van der Waals surface area contributed by atoms with E-state index in [1.165, 1.54) is 51.4 Å². The van der Waals surface area contributed by atoms with Crippen LogP contribution in [0.25, 0.3) is 0 Å². The quantitative estimate of drug-likeness (QED) is 0.639. The van der Waals surface area contributed by atoms with E-state index in [1.807, 2.05) is 0 Å². The minimum atomic E-state index is -0.0897. The number of hydrogen-bond acceptors (Lipinski definition) is 4. The molecule has 3 fully saturated rings. The summed E-state index contributed by atoms with van der Waals surface area (Å²) in [7, 11) is 0. The first-order valence-electron chi connectivity index (χ1n) is 9.99. The lowest BCUT2D eigenvalue weighted by molar-refractivity contribution is 0.0663. The Hall–Kier alpha value is -0.160. The number of aliphatic hydroxyl groups is 2. The summed E-state index contributed by atoms with van der Waals surface area (Å²) in [6.45, 7) is 4.29. The summed E-state index contributed by atoms with van der Waals surface area (Å²) in [6.07, 6.45) is 11.5. The van der Waals surface area contributed by atoms with Crippen LogP contribution in [0.15, 0.2) is 0 Å². The van der Waals surface area contributed by atoms with E-state index >= 15 is 0 Å². The van der Waals surface area contributed by atoms with Crippen LogP contribution >= 0.6 is 0 Å². The SMILES string of the molecule is OCCN1CC(CC(O)C2CC2)CC(NCC2CCCCC2)C1. The van der Waals surface area contributed by atoms with Gasteiger partial charge in [-0.25, -0.2) is 0 Å². The fourth-order valence-electron chi connectivity index (χ4n) is 4.69. The summed E-state index contributed by atoms with van der Waals surface area (Å²) in [4.78, 5) is 2.40. The van der Waals surface area contributed by atoms with Crippen molar-refractivity contribution >= 4 is 0 Å². The molecule has 0 aromatic heterocycles. The van der Waals surface area contributed by atoms with E-state index in [0.717, 1.165) is 38.5 Å². The predicted octanol–water partition coefficient (Wildman–Crippen LogP) is 2.00. The van der Waals surface area contributed by atoms with Gasteiger partial charge in [0.25, 0.3) is 0 Å². The lowest BCUT2D eigenvalue weighted by Gasteiger charge is -2.39. The average Bonchev–Trinajstić information content (AvgIpc) is 3.39. The van der Waals surface area contributed by atoms with Crippen LogP contribution in [0.3, 0.4) is 0 Å². The van der Waals surface area contributed by atoms with Crippen LogP contribution in [0.5, 0.6) is 0 Å². The molecule has 0 amide bonds. The van der Waals surface area contributed by atoms with Crippen molar-refractivity contribution in [2.24, 2.45) is 17.8 Å². The first-order valence-corrected chi connectivity index (χ1v) is 9.99. The van der Waals surface area contributed by atoms with Crippen LogP contribution in [0.4, 0.5) is 0 Å². The Morgan fingerprint density at radius 2 is 1.78 bits per heavy atom. The molecule has 23 heavy (non-hydrogen) atoms. The Bertz CT molecular complexity index is 342. The van der Waals surface area contributed by atoms with Gasteiger partial charge in [-0.05, 0) is 62.8 Å². The Balaban J connectivity index is 1.46. The maximum Gasteiger partial charge on any atom is 0.0571 e. The molecule has 2 saturated carbocycles. The minimum Gasteiger partial charge on any atom is -0.395 e. The number of rotatable bonds is 8. The molecule has 1 saturated heterocycles. The van der Waals surface area contributed by atoms with Gasteiger partial charge in [0.05, 0.1) is 12.7 Å². The van der Waals surface area contributed by atoms with Crippen molar-refractivity contribution in [3.05, 3.63) is 0 Å². The summed E-state index contributed by atoms with van der Waals surface area (Å²) in [5.41, 5.74) is 0. The van der Waals surface area contributed by atoms with E-state index in [1.54, 1.807) is 0 Å². The van der Waals surface area contributed by atoms with E-state index in [9.17, 15) is 10.2 Å². The molecular weight excluding hydrogens is 288 g/mol. The topological polar surface area (TPSA) is 55.7 Å². The van der Waals surface area contributed by atoms with Crippen molar-refractivity contribution in [3.63, 3.8) is 0 Å². The molecule has 134 valence electrons. The highest BCUT2D eigenvalue weighted by molar-refractivity contribution is 4.88. The minimum absolute atomic E-state index is 0.0897. The fourth-order valence-corrected chi connectivity index (χ4v) is 4.69. The van der Waals surface area contributed by atoms with Crippen molar-refractivity contribution in [1.82, 2.24) is 10.2 Å². The van der Waals surface area contributed by atoms with Crippen molar-refractivity contribution in [1.29, 1.82) is 0 Å². The molecule has 0 bridgehead atoms. The predicted molar refractivity (Wildman–Crippen MR) is 93.3 cm³/mol. The molecule has 4 nitrogen and oxygen atoms in total. The highest BCUT2D eigenvalue weighted by atomic mass is 16.3. The van der Waals surface area contributed by atoms with E-state index < -0.39 is 0 Å². The van der Waals surface area contributed by atoms with Gasteiger partial charge in [0.2, 0.25) is 0 Å².